The van der Waals surface area contributed by atoms with Gasteiger partial charge in [-0.25, -0.2) is 12.8 Å². The quantitative estimate of drug-likeness (QED) is 0.869. The molecule has 0 fully saturated rings. The number of nitrogens with one attached hydrogen (secondary N) is 1. The first kappa shape index (κ1) is 15.9. The van der Waals surface area contributed by atoms with E-state index in [4.69, 9.17) is 16.7 Å². The van der Waals surface area contributed by atoms with Gasteiger partial charge in [-0.2, -0.15) is 4.72 Å². The second-order valence-corrected chi connectivity index (χ2v) is 6.35. The molecule has 0 bridgehead atoms. The van der Waals surface area contributed by atoms with E-state index in [2.05, 4.69) is 0 Å². The van der Waals surface area contributed by atoms with Gasteiger partial charge in [0.25, 0.3) is 0 Å². The van der Waals surface area contributed by atoms with Crippen molar-refractivity contribution in [2.24, 2.45) is 5.92 Å². The lowest BCUT2D eigenvalue weighted by Gasteiger charge is -2.18. The van der Waals surface area contributed by atoms with Crippen LogP contribution in [-0.4, -0.2) is 25.5 Å². The Morgan fingerprint density at radius 3 is 2.47 bits per heavy atom. The molecule has 106 valence electrons. The van der Waals surface area contributed by atoms with Crippen LogP contribution in [0.4, 0.5) is 4.39 Å². The summed E-state index contributed by atoms with van der Waals surface area (Å²) in [6.07, 6.45) is 0. The molecule has 8 heteroatoms. The van der Waals surface area contributed by atoms with Crippen LogP contribution in [0, 0.1) is 11.7 Å². The zero-order chi connectivity index (χ0) is 14.8. The normalized spacial score (nSPS) is 13.5. The molecule has 2 N–H and O–H groups in total. The highest BCUT2D eigenvalue weighted by Crippen LogP contribution is 2.22. The zero-order valence-corrected chi connectivity index (χ0v) is 11.8. The molecule has 0 heterocycles. The number of carboxylic acids is 1. The standard InChI is InChI=1S/C11H13ClFNO4S/c1-6(2)10(11(15)16)14-19(17,18)9-5-7(13)3-4-8(9)12/h3-6,10,14H,1-2H3,(H,15,16)/t10-/m1/s1. The number of sulfonamides is 1. The molecule has 1 atom stereocenters. The lowest BCUT2D eigenvalue weighted by Crippen LogP contribution is -2.44. The maximum absolute atomic E-state index is 13.1. The summed E-state index contributed by atoms with van der Waals surface area (Å²) >= 11 is 5.69. The fourth-order valence-electron chi connectivity index (χ4n) is 1.39. The molecule has 0 saturated heterocycles. The molecule has 5 nitrogen and oxygen atoms in total. The average Bonchev–Trinajstić information content (AvgIpc) is 2.28. The highest BCUT2D eigenvalue weighted by Gasteiger charge is 2.29. The van der Waals surface area contributed by atoms with Gasteiger partial charge in [0.2, 0.25) is 10.0 Å². The van der Waals surface area contributed by atoms with E-state index in [0.717, 1.165) is 18.2 Å². The van der Waals surface area contributed by atoms with Crippen LogP contribution in [0.2, 0.25) is 5.02 Å². The molecular formula is C11H13ClFNO4S. The molecule has 1 aromatic carbocycles. The van der Waals surface area contributed by atoms with E-state index in [1.807, 2.05) is 4.72 Å². The van der Waals surface area contributed by atoms with Crippen molar-refractivity contribution in [2.45, 2.75) is 24.8 Å². The minimum Gasteiger partial charge on any atom is -0.480 e. The van der Waals surface area contributed by atoms with Crippen molar-refractivity contribution in [2.75, 3.05) is 0 Å². The van der Waals surface area contributed by atoms with E-state index < -0.39 is 38.7 Å². The molecule has 0 spiro atoms. The molecule has 0 saturated carbocycles. The van der Waals surface area contributed by atoms with E-state index in [0.29, 0.717) is 0 Å². The first-order chi connectivity index (χ1) is 8.65. The summed E-state index contributed by atoms with van der Waals surface area (Å²) in [5.41, 5.74) is 0. The van der Waals surface area contributed by atoms with Crippen molar-refractivity contribution in [3.8, 4) is 0 Å². The third kappa shape index (κ3) is 3.89. The SMILES string of the molecule is CC(C)[C@@H](NS(=O)(=O)c1cc(F)ccc1Cl)C(=O)O. The van der Waals surface area contributed by atoms with Crippen LogP contribution in [-0.2, 0) is 14.8 Å². The second-order valence-electron chi connectivity index (χ2n) is 4.26. The molecule has 1 aromatic rings. The molecule has 0 amide bonds. The zero-order valence-electron chi connectivity index (χ0n) is 10.2. The Hall–Kier alpha value is -1.18. The molecule has 1 rings (SSSR count). The van der Waals surface area contributed by atoms with Crippen LogP contribution in [0.1, 0.15) is 13.8 Å². The average molecular weight is 310 g/mol. The topological polar surface area (TPSA) is 83.5 Å². The summed E-state index contributed by atoms with van der Waals surface area (Å²) in [5.74, 6) is -2.56. The smallest absolute Gasteiger partial charge is 0.322 e. The fraction of sp³-hybridized carbons (Fsp3) is 0.364. The van der Waals surface area contributed by atoms with Crippen LogP contribution < -0.4 is 4.72 Å². The van der Waals surface area contributed by atoms with E-state index in [1.54, 1.807) is 13.8 Å². The minimum absolute atomic E-state index is 0.179. The van der Waals surface area contributed by atoms with Crippen molar-refractivity contribution >= 4 is 27.6 Å². The minimum atomic E-state index is -4.21. The number of hydrogen-bond acceptors (Lipinski definition) is 3. The van der Waals surface area contributed by atoms with Crippen molar-refractivity contribution in [3.63, 3.8) is 0 Å². The van der Waals surface area contributed by atoms with Gasteiger partial charge >= 0.3 is 5.97 Å². The van der Waals surface area contributed by atoms with Crippen molar-refractivity contribution in [1.29, 1.82) is 0 Å². The van der Waals surface area contributed by atoms with Crippen LogP contribution in [0.5, 0.6) is 0 Å². The van der Waals surface area contributed by atoms with Gasteiger partial charge in [-0.15, -0.1) is 0 Å². The third-order valence-electron chi connectivity index (χ3n) is 2.40. The Balaban J connectivity index is 3.17. The lowest BCUT2D eigenvalue weighted by molar-refractivity contribution is -0.140. The number of carboxylic acid groups (broad SMARTS) is 1. The molecule has 0 radical (unpaired) electrons. The van der Waals surface area contributed by atoms with Crippen LogP contribution in [0.15, 0.2) is 23.1 Å². The highest BCUT2D eigenvalue weighted by molar-refractivity contribution is 7.89. The molecular weight excluding hydrogens is 297 g/mol. The predicted octanol–water partition coefficient (Wildman–Crippen LogP) is 1.87. The van der Waals surface area contributed by atoms with Gasteiger partial charge in [0.15, 0.2) is 0 Å². The number of carbonyl (C=O) groups is 1. The van der Waals surface area contributed by atoms with Gasteiger partial charge in [-0.3, -0.25) is 4.79 Å². The summed E-state index contributed by atoms with van der Waals surface area (Å²) in [6.45, 7) is 3.10. The first-order valence-corrected chi connectivity index (χ1v) is 7.21. The molecule has 0 unspecified atom stereocenters. The summed E-state index contributed by atoms with van der Waals surface area (Å²) in [4.78, 5) is 10.5. The third-order valence-corrected chi connectivity index (χ3v) is 4.32. The number of halogens is 2. The van der Waals surface area contributed by atoms with Crippen LogP contribution in [0.3, 0.4) is 0 Å². The molecule has 0 aliphatic rings. The fourth-order valence-corrected chi connectivity index (χ4v) is 3.23. The van der Waals surface area contributed by atoms with E-state index in [1.165, 1.54) is 0 Å². The number of benzene rings is 1. The maximum atomic E-state index is 13.1. The first-order valence-electron chi connectivity index (χ1n) is 5.35. The number of hydrogen-bond donors (Lipinski definition) is 2. The Morgan fingerprint density at radius 2 is 2.00 bits per heavy atom. The summed E-state index contributed by atoms with van der Waals surface area (Å²) in [7, 11) is -4.21. The molecule has 0 aliphatic heterocycles. The Bertz CT molecular complexity index is 588. The van der Waals surface area contributed by atoms with Crippen molar-refractivity contribution in [3.05, 3.63) is 29.0 Å². The van der Waals surface area contributed by atoms with Gasteiger partial charge in [0.05, 0.1) is 5.02 Å². The van der Waals surface area contributed by atoms with Gasteiger partial charge in [0, 0.05) is 0 Å². The molecule has 19 heavy (non-hydrogen) atoms. The van der Waals surface area contributed by atoms with E-state index >= 15 is 0 Å². The number of rotatable bonds is 5. The second kappa shape index (κ2) is 5.85. The molecule has 0 aliphatic carbocycles. The summed E-state index contributed by atoms with van der Waals surface area (Å²) in [5, 5.41) is 8.76. The van der Waals surface area contributed by atoms with E-state index in [9.17, 15) is 17.6 Å². The lowest BCUT2D eigenvalue weighted by atomic mass is 10.1. The van der Waals surface area contributed by atoms with Crippen molar-refractivity contribution in [1.82, 2.24) is 4.72 Å². The predicted molar refractivity (Wildman–Crippen MR) is 68.0 cm³/mol. The van der Waals surface area contributed by atoms with Gasteiger partial charge in [-0.1, -0.05) is 25.4 Å². The van der Waals surface area contributed by atoms with Crippen LogP contribution in [0.25, 0.3) is 0 Å². The van der Waals surface area contributed by atoms with E-state index in [-0.39, 0.29) is 5.02 Å². The van der Waals surface area contributed by atoms with Gasteiger partial charge < -0.3 is 5.11 Å². The monoisotopic (exact) mass is 309 g/mol. The Kier molecular flexibility index (Phi) is 4.89. The Morgan fingerprint density at radius 1 is 1.42 bits per heavy atom. The van der Waals surface area contributed by atoms with Gasteiger partial charge in [-0.05, 0) is 24.1 Å². The van der Waals surface area contributed by atoms with Crippen molar-refractivity contribution < 1.29 is 22.7 Å². The summed E-state index contributed by atoms with van der Waals surface area (Å²) in [6, 6.07) is 1.53. The Labute approximate surface area is 115 Å². The molecule has 0 aromatic heterocycles. The van der Waals surface area contributed by atoms with Gasteiger partial charge in [0.1, 0.15) is 16.8 Å². The number of aliphatic carboxylic acids is 1. The summed E-state index contributed by atoms with van der Waals surface area (Å²) < 4.78 is 39.1. The van der Waals surface area contributed by atoms with Crippen LogP contribution >= 0.6 is 11.6 Å². The highest BCUT2D eigenvalue weighted by atomic mass is 35.5. The maximum Gasteiger partial charge on any atom is 0.322 e. The largest absolute Gasteiger partial charge is 0.480 e.